The second-order valence-corrected chi connectivity index (χ2v) is 5.10. The van der Waals surface area contributed by atoms with Gasteiger partial charge in [-0.05, 0) is 5.56 Å². The fourth-order valence-electron chi connectivity index (χ4n) is 2.73. The van der Waals surface area contributed by atoms with Crippen molar-refractivity contribution >= 4 is 11.1 Å². The molecule has 0 saturated heterocycles. The first-order chi connectivity index (χ1) is 11.4. The van der Waals surface area contributed by atoms with Gasteiger partial charge in [-0.3, -0.25) is 0 Å². The average molecular weight is 302 g/mol. The third kappa shape index (κ3) is 2.25. The topological polar surface area (TPSA) is 48.2 Å². The Morgan fingerprint density at radius 1 is 0.826 bits per heavy atom. The summed E-state index contributed by atoms with van der Waals surface area (Å²) in [6.07, 6.45) is 1.45. The minimum Gasteiger partial charge on any atom is -0.480 e. The lowest BCUT2D eigenvalue weighted by molar-refractivity contribution is 0.402. The van der Waals surface area contributed by atoms with Crippen molar-refractivity contribution in [2.24, 2.45) is 0 Å². The Hall–Kier alpha value is -3.14. The highest BCUT2D eigenvalue weighted by molar-refractivity contribution is 6.02. The third-order valence-corrected chi connectivity index (χ3v) is 3.75. The van der Waals surface area contributed by atoms with Gasteiger partial charge in [0.25, 0.3) is 0 Å². The second kappa shape index (κ2) is 5.57. The van der Waals surface area contributed by atoms with Gasteiger partial charge >= 0.3 is 0 Å². The van der Waals surface area contributed by atoms with Crippen molar-refractivity contribution < 1.29 is 9.15 Å². The Morgan fingerprint density at radius 2 is 1.48 bits per heavy atom. The molecule has 4 nitrogen and oxygen atoms in total. The van der Waals surface area contributed by atoms with Gasteiger partial charge in [0.15, 0.2) is 0 Å². The van der Waals surface area contributed by atoms with Crippen molar-refractivity contribution in [3.63, 3.8) is 0 Å². The zero-order chi connectivity index (χ0) is 15.6. The molecule has 0 aliphatic carbocycles. The molecule has 4 aromatic rings. The number of methoxy groups -OCH3 is 1. The van der Waals surface area contributed by atoms with Gasteiger partial charge < -0.3 is 9.15 Å². The van der Waals surface area contributed by atoms with E-state index in [-0.39, 0.29) is 0 Å². The molecular formula is C19H14N2O2. The fraction of sp³-hybridized carbons (Fsp3) is 0.0526. The highest BCUT2D eigenvalue weighted by Gasteiger charge is 2.22. The van der Waals surface area contributed by atoms with Gasteiger partial charge in [0, 0.05) is 11.1 Å². The van der Waals surface area contributed by atoms with E-state index in [0.717, 1.165) is 27.8 Å². The number of fused-ring (bicyclic) bond motifs is 1. The largest absolute Gasteiger partial charge is 0.480 e. The van der Waals surface area contributed by atoms with Crippen LogP contribution in [0.4, 0.5) is 0 Å². The molecule has 0 fully saturated rings. The summed E-state index contributed by atoms with van der Waals surface area (Å²) in [5.41, 5.74) is 3.50. The van der Waals surface area contributed by atoms with E-state index in [1.54, 1.807) is 7.11 Å². The van der Waals surface area contributed by atoms with Gasteiger partial charge in [-0.15, -0.1) is 0 Å². The van der Waals surface area contributed by atoms with Crippen LogP contribution < -0.4 is 4.74 Å². The van der Waals surface area contributed by atoms with Gasteiger partial charge in [-0.25, -0.2) is 9.97 Å². The molecule has 0 saturated carbocycles. The quantitative estimate of drug-likeness (QED) is 0.556. The molecule has 0 bridgehead atoms. The lowest BCUT2D eigenvalue weighted by atomic mass is 9.99. The maximum absolute atomic E-state index is 6.05. The SMILES string of the molecule is COc1ncnc2oc(-c3ccccc3)c(-c3ccccc3)c12. The van der Waals surface area contributed by atoms with Crippen molar-refractivity contribution in [1.29, 1.82) is 0 Å². The van der Waals surface area contributed by atoms with Gasteiger partial charge in [0.1, 0.15) is 17.5 Å². The summed E-state index contributed by atoms with van der Waals surface area (Å²) in [6.45, 7) is 0. The van der Waals surface area contributed by atoms with E-state index < -0.39 is 0 Å². The van der Waals surface area contributed by atoms with Gasteiger partial charge in [0.05, 0.1) is 7.11 Å². The minimum atomic E-state index is 0.514. The van der Waals surface area contributed by atoms with E-state index in [1.807, 2.05) is 60.7 Å². The third-order valence-electron chi connectivity index (χ3n) is 3.75. The predicted octanol–water partition coefficient (Wildman–Crippen LogP) is 4.57. The van der Waals surface area contributed by atoms with Crippen molar-refractivity contribution in [2.45, 2.75) is 0 Å². The van der Waals surface area contributed by atoms with Crippen LogP contribution in [0.3, 0.4) is 0 Å². The van der Waals surface area contributed by atoms with Gasteiger partial charge in [0.2, 0.25) is 11.6 Å². The first kappa shape index (κ1) is 13.5. The monoisotopic (exact) mass is 302 g/mol. The van der Waals surface area contributed by atoms with Gasteiger partial charge in [-0.2, -0.15) is 0 Å². The van der Waals surface area contributed by atoms with Crippen LogP contribution in [0.25, 0.3) is 33.6 Å². The van der Waals surface area contributed by atoms with Crippen LogP contribution in [-0.2, 0) is 0 Å². The standard InChI is InChI=1S/C19H14N2O2/c1-22-18-16-15(13-8-4-2-5-9-13)17(14-10-6-3-7-11-14)23-19(16)21-12-20-18/h2-12H,1H3. The normalized spacial score (nSPS) is 10.8. The lowest BCUT2D eigenvalue weighted by Crippen LogP contribution is -1.90. The summed E-state index contributed by atoms with van der Waals surface area (Å²) in [5, 5.41) is 0.792. The van der Waals surface area contributed by atoms with E-state index in [4.69, 9.17) is 9.15 Å². The second-order valence-electron chi connectivity index (χ2n) is 5.10. The first-order valence-corrected chi connectivity index (χ1v) is 7.31. The Bertz CT molecular complexity index is 947. The molecule has 0 N–H and O–H groups in total. The number of furan rings is 1. The molecule has 112 valence electrons. The van der Waals surface area contributed by atoms with Crippen LogP contribution in [0.5, 0.6) is 5.88 Å². The minimum absolute atomic E-state index is 0.514. The summed E-state index contributed by atoms with van der Waals surface area (Å²) in [6, 6.07) is 20.1. The van der Waals surface area contributed by atoms with E-state index >= 15 is 0 Å². The molecule has 2 heterocycles. The summed E-state index contributed by atoms with van der Waals surface area (Å²) in [7, 11) is 1.60. The first-order valence-electron chi connectivity index (χ1n) is 7.31. The maximum atomic E-state index is 6.05. The smallest absolute Gasteiger partial charge is 0.234 e. The van der Waals surface area contributed by atoms with Crippen molar-refractivity contribution in [2.75, 3.05) is 7.11 Å². The molecule has 0 spiro atoms. The Morgan fingerprint density at radius 3 is 2.13 bits per heavy atom. The number of benzene rings is 2. The van der Waals surface area contributed by atoms with E-state index in [9.17, 15) is 0 Å². The van der Waals surface area contributed by atoms with E-state index in [1.165, 1.54) is 6.33 Å². The van der Waals surface area contributed by atoms with Crippen molar-refractivity contribution in [3.8, 4) is 28.3 Å². The number of ether oxygens (including phenoxy) is 1. The number of hydrogen-bond donors (Lipinski definition) is 0. The van der Waals surface area contributed by atoms with Crippen LogP contribution in [0.2, 0.25) is 0 Å². The predicted molar refractivity (Wildman–Crippen MR) is 89.2 cm³/mol. The molecule has 0 aliphatic rings. The highest BCUT2D eigenvalue weighted by Crippen LogP contribution is 2.42. The van der Waals surface area contributed by atoms with Crippen LogP contribution in [-0.4, -0.2) is 17.1 Å². The summed E-state index contributed by atoms with van der Waals surface area (Å²) in [5.74, 6) is 1.28. The zero-order valence-electron chi connectivity index (χ0n) is 12.6. The molecule has 0 unspecified atom stereocenters. The summed E-state index contributed by atoms with van der Waals surface area (Å²) >= 11 is 0. The number of hydrogen-bond acceptors (Lipinski definition) is 4. The summed E-state index contributed by atoms with van der Waals surface area (Å²) in [4.78, 5) is 8.49. The molecule has 2 aromatic carbocycles. The van der Waals surface area contributed by atoms with E-state index in [2.05, 4.69) is 9.97 Å². The molecule has 0 amide bonds. The van der Waals surface area contributed by atoms with Crippen LogP contribution in [0.15, 0.2) is 71.4 Å². The number of rotatable bonds is 3. The zero-order valence-corrected chi connectivity index (χ0v) is 12.6. The molecule has 23 heavy (non-hydrogen) atoms. The molecule has 0 atom stereocenters. The number of nitrogens with zero attached hydrogens (tertiary/aromatic N) is 2. The Labute approximate surface area is 133 Å². The average Bonchev–Trinajstić information content (AvgIpc) is 3.03. The Balaban J connectivity index is 2.11. The molecule has 0 radical (unpaired) electrons. The number of aromatic nitrogens is 2. The highest BCUT2D eigenvalue weighted by atomic mass is 16.5. The van der Waals surface area contributed by atoms with Crippen LogP contribution in [0, 0.1) is 0 Å². The van der Waals surface area contributed by atoms with E-state index in [0.29, 0.717) is 11.6 Å². The Kier molecular flexibility index (Phi) is 3.27. The van der Waals surface area contributed by atoms with Crippen LogP contribution in [0.1, 0.15) is 0 Å². The van der Waals surface area contributed by atoms with Crippen molar-refractivity contribution in [1.82, 2.24) is 9.97 Å². The van der Waals surface area contributed by atoms with Crippen LogP contribution >= 0.6 is 0 Å². The molecular weight excluding hydrogens is 288 g/mol. The lowest BCUT2D eigenvalue weighted by Gasteiger charge is -2.05. The maximum Gasteiger partial charge on any atom is 0.234 e. The fourth-order valence-corrected chi connectivity index (χ4v) is 2.73. The van der Waals surface area contributed by atoms with Crippen molar-refractivity contribution in [3.05, 3.63) is 67.0 Å². The molecule has 4 heteroatoms. The molecule has 0 aliphatic heterocycles. The summed E-state index contributed by atoms with van der Waals surface area (Å²) < 4.78 is 11.5. The molecule has 4 rings (SSSR count). The van der Waals surface area contributed by atoms with Gasteiger partial charge in [-0.1, -0.05) is 60.7 Å². The molecule has 2 aromatic heterocycles.